The first-order valence-corrected chi connectivity index (χ1v) is 5.62. The van der Waals surface area contributed by atoms with E-state index in [0.29, 0.717) is 5.78 Å². The van der Waals surface area contributed by atoms with E-state index < -0.39 is 0 Å². The summed E-state index contributed by atoms with van der Waals surface area (Å²) in [6.07, 6.45) is 6.06. The van der Waals surface area contributed by atoms with Crippen LogP contribution >= 0.6 is 0 Å². The zero-order chi connectivity index (χ0) is 10.3. The van der Waals surface area contributed by atoms with Crippen LogP contribution in [0.4, 0.5) is 0 Å². The maximum atomic E-state index is 11.9. The first-order valence-electron chi connectivity index (χ1n) is 5.62. The highest BCUT2D eigenvalue weighted by atomic mass is 16.1. The van der Waals surface area contributed by atoms with Crippen LogP contribution < -0.4 is 0 Å². The van der Waals surface area contributed by atoms with Gasteiger partial charge in [-0.1, -0.05) is 36.4 Å². The molecule has 1 heteroatoms. The van der Waals surface area contributed by atoms with Crippen molar-refractivity contribution in [3.63, 3.8) is 0 Å². The van der Waals surface area contributed by atoms with Crippen LogP contribution in [0, 0.1) is 5.41 Å². The van der Waals surface area contributed by atoms with Crippen molar-refractivity contribution in [3.8, 4) is 0 Å². The fourth-order valence-corrected chi connectivity index (χ4v) is 2.62. The van der Waals surface area contributed by atoms with Gasteiger partial charge < -0.3 is 0 Å². The Morgan fingerprint density at radius 3 is 2.47 bits per heavy atom. The Kier molecular flexibility index (Phi) is 1.82. The molecule has 0 atom stereocenters. The minimum absolute atomic E-state index is 0.0698. The highest BCUT2D eigenvalue weighted by Crippen LogP contribution is 2.58. The third-order valence-corrected chi connectivity index (χ3v) is 3.60. The zero-order valence-corrected chi connectivity index (χ0v) is 8.70. The molecule has 2 aliphatic rings. The number of allylic oxidation sites excluding steroid dienone is 2. The molecule has 1 fully saturated rings. The van der Waals surface area contributed by atoms with Gasteiger partial charge in [-0.2, -0.15) is 0 Å². The largest absolute Gasteiger partial charge is 0.299 e. The topological polar surface area (TPSA) is 17.1 Å². The summed E-state index contributed by atoms with van der Waals surface area (Å²) >= 11 is 0. The number of hydrogen-bond acceptors (Lipinski definition) is 1. The smallest absolute Gasteiger partial charge is 0.143 e. The number of carbonyl (C=O) groups is 1. The van der Waals surface area contributed by atoms with Crippen LogP contribution in [0.25, 0.3) is 5.57 Å². The number of carbonyl (C=O) groups excluding carboxylic acids is 1. The number of hydrogen-bond donors (Lipinski definition) is 0. The van der Waals surface area contributed by atoms with Gasteiger partial charge in [-0.25, -0.2) is 0 Å². The van der Waals surface area contributed by atoms with E-state index in [1.165, 1.54) is 11.1 Å². The van der Waals surface area contributed by atoms with E-state index in [4.69, 9.17) is 0 Å². The van der Waals surface area contributed by atoms with Crippen LogP contribution in [0.1, 0.15) is 31.2 Å². The molecule has 0 bridgehead atoms. The normalized spacial score (nSPS) is 22.7. The van der Waals surface area contributed by atoms with Gasteiger partial charge in [-0.05, 0) is 30.4 Å². The van der Waals surface area contributed by atoms with E-state index >= 15 is 0 Å². The fourth-order valence-electron chi connectivity index (χ4n) is 2.62. The summed E-state index contributed by atoms with van der Waals surface area (Å²) in [5.74, 6) is 0.462. The number of ketones is 1. The second-order valence-electron chi connectivity index (χ2n) is 4.53. The van der Waals surface area contributed by atoms with Gasteiger partial charge in [0.15, 0.2) is 0 Å². The van der Waals surface area contributed by atoms with E-state index in [0.717, 1.165) is 25.7 Å². The molecule has 76 valence electrons. The predicted molar refractivity (Wildman–Crippen MR) is 60.3 cm³/mol. The summed E-state index contributed by atoms with van der Waals surface area (Å²) in [4.78, 5) is 11.9. The molecular formula is C14H14O. The molecule has 1 saturated carbocycles. The molecule has 0 amide bonds. The van der Waals surface area contributed by atoms with Gasteiger partial charge in [0.1, 0.15) is 5.78 Å². The molecule has 0 radical (unpaired) electrons. The SMILES string of the molecule is O=C1CCC=C(c2ccccc2)C12CC2. The van der Waals surface area contributed by atoms with Crippen molar-refractivity contribution >= 4 is 11.4 Å². The second kappa shape index (κ2) is 3.06. The van der Waals surface area contributed by atoms with Crippen LogP contribution in [0.5, 0.6) is 0 Å². The summed E-state index contributed by atoms with van der Waals surface area (Å²) in [6.45, 7) is 0. The summed E-state index contributed by atoms with van der Waals surface area (Å²) in [5, 5.41) is 0. The fraction of sp³-hybridized carbons (Fsp3) is 0.357. The number of rotatable bonds is 1. The average molecular weight is 198 g/mol. The molecule has 1 spiro atoms. The van der Waals surface area contributed by atoms with Gasteiger partial charge in [-0.15, -0.1) is 0 Å². The molecule has 1 aromatic carbocycles. The van der Waals surface area contributed by atoms with E-state index in [1.807, 2.05) is 18.2 Å². The van der Waals surface area contributed by atoms with E-state index in [9.17, 15) is 4.79 Å². The van der Waals surface area contributed by atoms with Crippen molar-refractivity contribution in [1.82, 2.24) is 0 Å². The van der Waals surface area contributed by atoms with Gasteiger partial charge in [0.25, 0.3) is 0 Å². The molecule has 1 aromatic rings. The van der Waals surface area contributed by atoms with Crippen molar-refractivity contribution < 1.29 is 4.79 Å². The molecule has 15 heavy (non-hydrogen) atoms. The molecule has 0 heterocycles. The van der Waals surface area contributed by atoms with Crippen molar-refractivity contribution in [2.45, 2.75) is 25.7 Å². The molecule has 0 unspecified atom stereocenters. The van der Waals surface area contributed by atoms with Crippen molar-refractivity contribution in [2.24, 2.45) is 5.41 Å². The molecule has 0 aliphatic heterocycles. The standard InChI is InChI=1S/C14H14O/c15-13-8-4-7-12(14(13)9-10-14)11-5-2-1-3-6-11/h1-3,5-7H,4,8-10H2. The molecule has 1 nitrogen and oxygen atoms in total. The molecule has 0 saturated heterocycles. The lowest BCUT2D eigenvalue weighted by Gasteiger charge is -2.22. The highest BCUT2D eigenvalue weighted by Gasteiger charge is 2.53. The number of benzene rings is 1. The lowest BCUT2D eigenvalue weighted by molar-refractivity contribution is -0.122. The van der Waals surface area contributed by atoms with E-state index in [-0.39, 0.29) is 5.41 Å². The Balaban J connectivity index is 2.06. The molecule has 0 aromatic heterocycles. The van der Waals surface area contributed by atoms with E-state index in [1.54, 1.807) is 0 Å². The van der Waals surface area contributed by atoms with Gasteiger partial charge in [-0.3, -0.25) is 4.79 Å². The van der Waals surface area contributed by atoms with Crippen molar-refractivity contribution in [1.29, 1.82) is 0 Å². The van der Waals surface area contributed by atoms with Gasteiger partial charge in [0, 0.05) is 6.42 Å². The minimum Gasteiger partial charge on any atom is -0.299 e. The third-order valence-electron chi connectivity index (χ3n) is 3.60. The Labute approximate surface area is 89.8 Å². The van der Waals surface area contributed by atoms with Crippen LogP contribution in [0.3, 0.4) is 0 Å². The molecule has 0 N–H and O–H groups in total. The lowest BCUT2D eigenvalue weighted by Crippen LogP contribution is -2.20. The maximum Gasteiger partial charge on any atom is 0.143 e. The zero-order valence-electron chi connectivity index (χ0n) is 8.70. The Morgan fingerprint density at radius 1 is 1.07 bits per heavy atom. The van der Waals surface area contributed by atoms with E-state index in [2.05, 4.69) is 18.2 Å². The van der Waals surface area contributed by atoms with Crippen LogP contribution in [-0.4, -0.2) is 5.78 Å². The van der Waals surface area contributed by atoms with Crippen molar-refractivity contribution in [3.05, 3.63) is 42.0 Å². The van der Waals surface area contributed by atoms with Gasteiger partial charge >= 0.3 is 0 Å². The first kappa shape index (κ1) is 8.90. The van der Waals surface area contributed by atoms with Crippen LogP contribution in [0.15, 0.2) is 36.4 Å². The Morgan fingerprint density at radius 2 is 1.80 bits per heavy atom. The predicted octanol–water partition coefficient (Wildman–Crippen LogP) is 3.21. The van der Waals surface area contributed by atoms with Crippen LogP contribution in [0.2, 0.25) is 0 Å². The quantitative estimate of drug-likeness (QED) is 0.677. The summed E-state index contributed by atoms with van der Waals surface area (Å²) in [6, 6.07) is 10.3. The minimum atomic E-state index is -0.0698. The highest BCUT2D eigenvalue weighted by molar-refractivity contribution is 6.02. The average Bonchev–Trinajstić information content (AvgIpc) is 3.05. The Bertz CT molecular complexity index is 424. The molecule has 2 aliphatic carbocycles. The van der Waals surface area contributed by atoms with Crippen LogP contribution in [-0.2, 0) is 4.79 Å². The monoisotopic (exact) mass is 198 g/mol. The summed E-state index contributed by atoms with van der Waals surface area (Å²) in [7, 11) is 0. The Hall–Kier alpha value is -1.37. The molecular weight excluding hydrogens is 184 g/mol. The van der Waals surface area contributed by atoms with Crippen molar-refractivity contribution in [2.75, 3.05) is 0 Å². The second-order valence-corrected chi connectivity index (χ2v) is 4.53. The van der Waals surface area contributed by atoms with Gasteiger partial charge in [0.2, 0.25) is 0 Å². The lowest BCUT2D eigenvalue weighted by atomic mass is 9.80. The first-order chi connectivity index (χ1) is 7.33. The number of Topliss-reactive ketones (excluding diaryl/α,β-unsaturated/α-hetero) is 1. The summed E-state index contributed by atoms with van der Waals surface area (Å²) in [5.41, 5.74) is 2.46. The summed E-state index contributed by atoms with van der Waals surface area (Å²) < 4.78 is 0. The third kappa shape index (κ3) is 1.26. The maximum absolute atomic E-state index is 11.9. The molecule has 3 rings (SSSR count). The van der Waals surface area contributed by atoms with Gasteiger partial charge in [0.05, 0.1) is 5.41 Å².